The van der Waals surface area contributed by atoms with E-state index in [1.165, 1.54) is 5.01 Å². The fourth-order valence-electron chi connectivity index (χ4n) is 2.66. The standard InChI is InChI=1S/C20H18N4O3/c1-14-4-2-6-16(12-14)24-19(25)9-8-18(23-24)20(26)22-15-5-3-7-17(13-15)27-11-10-21/h2-7,12-13H,8-9,11H2,1H3,(H,22,26). The lowest BCUT2D eigenvalue weighted by molar-refractivity contribution is -0.118. The van der Waals surface area contributed by atoms with Crippen molar-refractivity contribution in [3.05, 3.63) is 54.1 Å². The van der Waals surface area contributed by atoms with Crippen LogP contribution in [0.1, 0.15) is 18.4 Å². The van der Waals surface area contributed by atoms with Crippen LogP contribution in [0.25, 0.3) is 0 Å². The smallest absolute Gasteiger partial charge is 0.271 e. The zero-order chi connectivity index (χ0) is 19.2. The van der Waals surface area contributed by atoms with Gasteiger partial charge < -0.3 is 10.1 Å². The van der Waals surface area contributed by atoms with Gasteiger partial charge in [0.1, 0.15) is 17.5 Å². The van der Waals surface area contributed by atoms with E-state index >= 15 is 0 Å². The van der Waals surface area contributed by atoms with Gasteiger partial charge >= 0.3 is 0 Å². The van der Waals surface area contributed by atoms with E-state index in [9.17, 15) is 9.59 Å². The molecule has 3 rings (SSSR count). The maximum Gasteiger partial charge on any atom is 0.271 e. The predicted octanol–water partition coefficient (Wildman–Crippen LogP) is 3.02. The molecule has 1 aliphatic heterocycles. The molecule has 0 unspecified atom stereocenters. The highest BCUT2D eigenvalue weighted by atomic mass is 16.5. The first-order valence-corrected chi connectivity index (χ1v) is 8.45. The van der Waals surface area contributed by atoms with Crippen LogP contribution in [0.2, 0.25) is 0 Å². The number of ether oxygens (including phenoxy) is 1. The number of rotatable bonds is 5. The van der Waals surface area contributed by atoms with E-state index in [4.69, 9.17) is 10.00 Å². The summed E-state index contributed by atoms with van der Waals surface area (Å²) in [5.41, 5.74) is 2.44. The number of aryl methyl sites for hydroxylation is 1. The highest BCUT2D eigenvalue weighted by molar-refractivity contribution is 6.44. The molecule has 27 heavy (non-hydrogen) atoms. The van der Waals surface area contributed by atoms with Crippen molar-refractivity contribution in [3.8, 4) is 11.8 Å². The molecule has 2 aromatic rings. The van der Waals surface area contributed by atoms with Crippen molar-refractivity contribution < 1.29 is 14.3 Å². The van der Waals surface area contributed by atoms with Gasteiger partial charge in [0.25, 0.3) is 5.91 Å². The summed E-state index contributed by atoms with van der Waals surface area (Å²) in [5.74, 6) is -0.0434. The summed E-state index contributed by atoms with van der Waals surface area (Å²) >= 11 is 0. The van der Waals surface area contributed by atoms with E-state index in [1.807, 2.05) is 31.2 Å². The summed E-state index contributed by atoms with van der Waals surface area (Å²) in [6.07, 6.45) is 0.489. The number of hydrogen-bond acceptors (Lipinski definition) is 5. The van der Waals surface area contributed by atoms with Gasteiger partial charge in [0.05, 0.1) is 5.69 Å². The van der Waals surface area contributed by atoms with E-state index in [-0.39, 0.29) is 37.0 Å². The molecule has 1 N–H and O–H groups in total. The molecule has 0 atom stereocenters. The van der Waals surface area contributed by atoms with Crippen LogP contribution in [0.3, 0.4) is 0 Å². The van der Waals surface area contributed by atoms with Crippen molar-refractivity contribution in [2.24, 2.45) is 5.10 Å². The van der Waals surface area contributed by atoms with E-state index in [1.54, 1.807) is 30.3 Å². The molecule has 0 bridgehead atoms. The Morgan fingerprint density at radius 1 is 1.26 bits per heavy atom. The normalized spacial score (nSPS) is 13.6. The summed E-state index contributed by atoms with van der Waals surface area (Å²) in [7, 11) is 0. The van der Waals surface area contributed by atoms with Gasteiger partial charge in [-0.2, -0.15) is 10.4 Å². The highest BCUT2D eigenvalue weighted by Crippen LogP contribution is 2.22. The SMILES string of the molecule is Cc1cccc(N2N=C(C(=O)Nc3cccc(OCC#N)c3)CCC2=O)c1. The van der Waals surface area contributed by atoms with Crippen LogP contribution >= 0.6 is 0 Å². The third-order valence-electron chi connectivity index (χ3n) is 3.94. The molecule has 136 valence electrons. The molecule has 0 saturated heterocycles. The predicted molar refractivity (Wildman–Crippen MR) is 102 cm³/mol. The van der Waals surface area contributed by atoms with Gasteiger partial charge in [-0.15, -0.1) is 0 Å². The van der Waals surface area contributed by atoms with E-state index in [0.29, 0.717) is 17.1 Å². The van der Waals surface area contributed by atoms with Crippen LogP contribution in [-0.2, 0) is 9.59 Å². The molecule has 1 heterocycles. The van der Waals surface area contributed by atoms with E-state index in [2.05, 4.69) is 10.4 Å². The number of nitrogens with one attached hydrogen (secondary N) is 1. The number of nitriles is 1. The molecule has 0 aliphatic carbocycles. The molecule has 2 amide bonds. The van der Waals surface area contributed by atoms with Gasteiger partial charge in [0, 0.05) is 24.6 Å². The van der Waals surface area contributed by atoms with Crippen LogP contribution in [0.15, 0.2) is 53.6 Å². The van der Waals surface area contributed by atoms with Crippen molar-refractivity contribution in [1.82, 2.24) is 0 Å². The van der Waals surface area contributed by atoms with Crippen LogP contribution < -0.4 is 15.1 Å². The zero-order valence-corrected chi connectivity index (χ0v) is 14.8. The number of carbonyl (C=O) groups excluding carboxylic acids is 2. The first kappa shape index (κ1) is 18.1. The summed E-state index contributed by atoms with van der Waals surface area (Å²) < 4.78 is 5.23. The summed E-state index contributed by atoms with van der Waals surface area (Å²) in [6, 6.07) is 16.0. The molecule has 2 aromatic carbocycles. The van der Waals surface area contributed by atoms with Gasteiger partial charge in [-0.3, -0.25) is 9.59 Å². The summed E-state index contributed by atoms with van der Waals surface area (Å²) in [6.45, 7) is 1.86. The number of carbonyl (C=O) groups is 2. The number of benzene rings is 2. The molecule has 0 radical (unpaired) electrons. The average Bonchev–Trinajstić information content (AvgIpc) is 2.67. The lowest BCUT2D eigenvalue weighted by atomic mass is 10.1. The first-order chi connectivity index (χ1) is 13.1. The Kier molecular flexibility index (Phi) is 5.47. The van der Waals surface area contributed by atoms with Crippen LogP contribution in [0.4, 0.5) is 11.4 Å². The van der Waals surface area contributed by atoms with Crippen molar-refractivity contribution >= 4 is 28.9 Å². The second kappa shape index (κ2) is 8.15. The molecule has 0 saturated carbocycles. The molecular formula is C20H18N4O3. The maximum atomic E-state index is 12.6. The Morgan fingerprint density at radius 2 is 2.07 bits per heavy atom. The van der Waals surface area contributed by atoms with Crippen LogP contribution in [-0.4, -0.2) is 24.1 Å². The molecule has 1 aliphatic rings. The number of hydrogen-bond donors (Lipinski definition) is 1. The van der Waals surface area contributed by atoms with Crippen LogP contribution in [0, 0.1) is 18.3 Å². The molecule has 0 spiro atoms. The number of amides is 2. The van der Waals surface area contributed by atoms with Gasteiger partial charge in [0.15, 0.2) is 6.61 Å². The lowest BCUT2D eigenvalue weighted by Crippen LogP contribution is -2.36. The second-order valence-electron chi connectivity index (χ2n) is 6.02. The monoisotopic (exact) mass is 362 g/mol. The summed E-state index contributed by atoms with van der Waals surface area (Å²) in [5, 5.41) is 16.9. The molecular weight excluding hydrogens is 344 g/mol. The highest BCUT2D eigenvalue weighted by Gasteiger charge is 2.25. The number of nitrogens with zero attached hydrogens (tertiary/aromatic N) is 3. The van der Waals surface area contributed by atoms with E-state index in [0.717, 1.165) is 5.56 Å². The third-order valence-corrected chi connectivity index (χ3v) is 3.94. The Bertz CT molecular complexity index is 946. The Hall–Kier alpha value is -3.66. The molecule has 0 aromatic heterocycles. The quantitative estimate of drug-likeness (QED) is 0.884. The average molecular weight is 362 g/mol. The lowest BCUT2D eigenvalue weighted by Gasteiger charge is -2.23. The van der Waals surface area contributed by atoms with Crippen molar-refractivity contribution in [2.45, 2.75) is 19.8 Å². The Morgan fingerprint density at radius 3 is 2.85 bits per heavy atom. The largest absolute Gasteiger partial charge is 0.479 e. The van der Waals surface area contributed by atoms with Gasteiger partial charge in [-0.05, 0) is 36.8 Å². The molecule has 0 fully saturated rings. The summed E-state index contributed by atoms with van der Waals surface area (Å²) in [4.78, 5) is 24.8. The van der Waals surface area contributed by atoms with Gasteiger partial charge in [-0.25, -0.2) is 5.01 Å². The minimum absolute atomic E-state index is 0.0718. The zero-order valence-electron chi connectivity index (χ0n) is 14.8. The Balaban J connectivity index is 1.77. The maximum absolute atomic E-state index is 12.6. The minimum Gasteiger partial charge on any atom is -0.479 e. The van der Waals surface area contributed by atoms with Crippen molar-refractivity contribution in [2.75, 3.05) is 16.9 Å². The Labute approximate surface area is 156 Å². The van der Waals surface area contributed by atoms with Gasteiger partial charge in [-0.1, -0.05) is 18.2 Å². The van der Waals surface area contributed by atoms with Crippen molar-refractivity contribution in [1.29, 1.82) is 5.26 Å². The van der Waals surface area contributed by atoms with E-state index < -0.39 is 0 Å². The number of anilines is 2. The van der Waals surface area contributed by atoms with Crippen molar-refractivity contribution in [3.63, 3.8) is 0 Å². The molecule has 7 heteroatoms. The minimum atomic E-state index is -0.377. The molecule has 7 nitrogen and oxygen atoms in total. The first-order valence-electron chi connectivity index (χ1n) is 8.45. The fourth-order valence-corrected chi connectivity index (χ4v) is 2.66. The topological polar surface area (TPSA) is 94.8 Å². The third kappa shape index (κ3) is 4.50. The number of hydrazone groups is 1. The van der Waals surface area contributed by atoms with Crippen LogP contribution in [0.5, 0.6) is 5.75 Å². The van der Waals surface area contributed by atoms with Gasteiger partial charge in [0.2, 0.25) is 5.91 Å². The fraction of sp³-hybridized carbons (Fsp3) is 0.200. The second-order valence-corrected chi connectivity index (χ2v) is 6.02.